The molecule has 2 heterocycles. The summed E-state index contributed by atoms with van der Waals surface area (Å²) in [5, 5.41) is 3.06. The zero-order valence-corrected chi connectivity index (χ0v) is 11.2. The van der Waals surface area contributed by atoms with Gasteiger partial charge in [-0.2, -0.15) is 12.6 Å². The molecule has 1 aromatic rings. The second-order valence-corrected chi connectivity index (χ2v) is 5.56. The fraction of sp³-hybridized carbons (Fsp3) is 0.636. The number of thiol groups is 1. The van der Waals surface area contributed by atoms with Crippen molar-refractivity contribution in [2.24, 2.45) is 5.92 Å². The van der Waals surface area contributed by atoms with Gasteiger partial charge in [-0.15, -0.1) is 11.3 Å². The predicted molar refractivity (Wildman–Crippen MR) is 68.9 cm³/mol. The van der Waals surface area contributed by atoms with Crippen LogP contribution in [0.3, 0.4) is 0 Å². The smallest absolute Gasteiger partial charge is 0.223 e. The van der Waals surface area contributed by atoms with Crippen LogP contribution in [-0.4, -0.2) is 28.1 Å². The molecular formula is C11H16N2OS2. The first-order valence-corrected chi connectivity index (χ1v) is 6.95. The minimum Gasteiger partial charge on any atom is -0.333 e. The quantitative estimate of drug-likeness (QED) is 0.842. The molecule has 1 aliphatic heterocycles. The fourth-order valence-corrected chi connectivity index (χ4v) is 3.11. The van der Waals surface area contributed by atoms with E-state index in [9.17, 15) is 4.79 Å². The van der Waals surface area contributed by atoms with Crippen LogP contribution in [0.2, 0.25) is 0 Å². The van der Waals surface area contributed by atoms with E-state index in [2.05, 4.69) is 24.5 Å². The van der Waals surface area contributed by atoms with Gasteiger partial charge >= 0.3 is 0 Å². The van der Waals surface area contributed by atoms with E-state index in [1.807, 2.05) is 17.2 Å². The summed E-state index contributed by atoms with van der Waals surface area (Å²) in [5.74, 6) is 1.42. The molecule has 0 aliphatic carbocycles. The van der Waals surface area contributed by atoms with Gasteiger partial charge in [0.15, 0.2) is 0 Å². The van der Waals surface area contributed by atoms with E-state index in [1.165, 1.54) is 0 Å². The SMILES string of the molecule is Cc1csc(C(C)N2CC(CS)CC2=O)n1. The lowest BCUT2D eigenvalue weighted by atomic mass is 10.1. The van der Waals surface area contributed by atoms with Crippen molar-refractivity contribution in [3.05, 3.63) is 16.1 Å². The zero-order valence-electron chi connectivity index (χ0n) is 9.51. The van der Waals surface area contributed by atoms with E-state index in [0.29, 0.717) is 12.3 Å². The molecule has 3 nitrogen and oxygen atoms in total. The first-order valence-electron chi connectivity index (χ1n) is 5.44. The molecule has 0 N–H and O–H groups in total. The first-order chi connectivity index (χ1) is 7.61. The molecular weight excluding hydrogens is 240 g/mol. The van der Waals surface area contributed by atoms with Crippen molar-refractivity contribution in [2.45, 2.75) is 26.3 Å². The highest BCUT2D eigenvalue weighted by Crippen LogP contribution is 2.30. The molecule has 1 aliphatic rings. The van der Waals surface area contributed by atoms with Crippen molar-refractivity contribution >= 4 is 29.9 Å². The topological polar surface area (TPSA) is 33.2 Å². The van der Waals surface area contributed by atoms with Gasteiger partial charge in [-0.3, -0.25) is 4.79 Å². The maximum absolute atomic E-state index is 11.8. The van der Waals surface area contributed by atoms with Gasteiger partial charge in [0, 0.05) is 24.0 Å². The monoisotopic (exact) mass is 256 g/mol. The Bertz CT molecular complexity index is 391. The third kappa shape index (κ3) is 2.25. The molecule has 0 aromatic carbocycles. The summed E-state index contributed by atoms with van der Waals surface area (Å²) in [6.07, 6.45) is 0.637. The molecule has 0 saturated carbocycles. The van der Waals surface area contributed by atoms with Gasteiger partial charge in [0.2, 0.25) is 5.91 Å². The van der Waals surface area contributed by atoms with Crippen LogP contribution >= 0.6 is 24.0 Å². The number of aromatic nitrogens is 1. The minimum absolute atomic E-state index is 0.107. The Morgan fingerprint density at radius 2 is 2.50 bits per heavy atom. The van der Waals surface area contributed by atoms with Crippen molar-refractivity contribution in [1.29, 1.82) is 0 Å². The highest BCUT2D eigenvalue weighted by molar-refractivity contribution is 7.80. The molecule has 88 valence electrons. The standard InChI is InChI=1S/C11H16N2OS2/c1-7-6-16-11(12-7)8(2)13-4-9(5-15)3-10(13)14/h6,8-9,15H,3-5H2,1-2H3. The van der Waals surface area contributed by atoms with Gasteiger partial charge in [-0.25, -0.2) is 4.98 Å². The Balaban J connectivity index is 2.10. The third-order valence-electron chi connectivity index (χ3n) is 2.96. The first kappa shape index (κ1) is 11.9. The normalized spacial score (nSPS) is 22.8. The maximum Gasteiger partial charge on any atom is 0.223 e. The van der Waals surface area contributed by atoms with Crippen LogP contribution in [0.4, 0.5) is 0 Å². The molecule has 1 aromatic heterocycles. The fourth-order valence-electron chi connectivity index (χ4n) is 2.00. The lowest BCUT2D eigenvalue weighted by Crippen LogP contribution is -2.28. The summed E-state index contributed by atoms with van der Waals surface area (Å²) in [4.78, 5) is 18.2. The number of carbonyl (C=O) groups excluding carboxylic acids is 1. The number of nitrogens with zero attached hydrogens (tertiary/aromatic N) is 2. The summed E-state index contributed by atoms with van der Waals surface area (Å²) in [5.41, 5.74) is 1.03. The molecule has 16 heavy (non-hydrogen) atoms. The number of amides is 1. The van der Waals surface area contributed by atoms with Gasteiger partial charge < -0.3 is 4.90 Å². The minimum atomic E-state index is 0.107. The number of likely N-dealkylation sites (tertiary alicyclic amines) is 1. The number of aryl methyl sites for hydroxylation is 1. The van der Waals surface area contributed by atoms with Gasteiger partial charge in [0.1, 0.15) is 5.01 Å². The Morgan fingerprint density at radius 1 is 1.75 bits per heavy atom. The summed E-state index contributed by atoms with van der Waals surface area (Å²) in [6, 6.07) is 0.107. The van der Waals surface area contributed by atoms with Crippen molar-refractivity contribution in [3.8, 4) is 0 Å². The van der Waals surface area contributed by atoms with Gasteiger partial charge in [-0.05, 0) is 25.5 Å². The number of thiazole rings is 1. The number of hydrogen-bond acceptors (Lipinski definition) is 4. The summed E-state index contributed by atoms with van der Waals surface area (Å²) in [6.45, 7) is 4.86. The largest absolute Gasteiger partial charge is 0.333 e. The van der Waals surface area contributed by atoms with E-state index in [4.69, 9.17) is 0 Å². The van der Waals surface area contributed by atoms with E-state index in [1.54, 1.807) is 11.3 Å². The van der Waals surface area contributed by atoms with Crippen molar-refractivity contribution < 1.29 is 4.79 Å². The molecule has 2 rings (SSSR count). The number of hydrogen-bond donors (Lipinski definition) is 1. The molecule has 1 fully saturated rings. The Kier molecular flexibility index (Phi) is 3.54. The highest BCUT2D eigenvalue weighted by atomic mass is 32.1. The van der Waals surface area contributed by atoms with Crippen molar-refractivity contribution in [3.63, 3.8) is 0 Å². The second kappa shape index (κ2) is 4.75. The van der Waals surface area contributed by atoms with Crippen LogP contribution < -0.4 is 0 Å². The molecule has 5 heteroatoms. The molecule has 0 radical (unpaired) electrons. The van der Waals surface area contributed by atoms with Crippen molar-refractivity contribution in [2.75, 3.05) is 12.3 Å². The summed E-state index contributed by atoms with van der Waals surface area (Å²) in [7, 11) is 0. The number of carbonyl (C=O) groups is 1. The van der Waals surface area contributed by atoms with Gasteiger partial charge in [0.25, 0.3) is 0 Å². The second-order valence-electron chi connectivity index (χ2n) is 4.30. The van der Waals surface area contributed by atoms with Gasteiger partial charge in [0.05, 0.1) is 6.04 Å². The molecule has 2 atom stereocenters. The lowest BCUT2D eigenvalue weighted by molar-refractivity contribution is -0.129. The Morgan fingerprint density at radius 3 is 3.00 bits per heavy atom. The van der Waals surface area contributed by atoms with E-state index < -0.39 is 0 Å². The summed E-state index contributed by atoms with van der Waals surface area (Å²) >= 11 is 5.90. The van der Waals surface area contributed by atoms with E-state index in [0.717, 1.165) is 23.0 Å². The molecule has 1 saturated heterocycles. The van der Waals surface area contributed by atoms with E-state index >= 15 is 0 Å². The summed E-state index contributed by atoms with van der Waals surface area (Å²) < 4.78 is 0. The van der Waals surface area contributed by atoms with Crippen LogP contribution in [0.1, 0.15) is 30.1 Å². The van der Waals surface area contributed by atoms with Crippen LogP contribution in [0.25, 0.3) is 0 Å². The number of rotatable bonds is 3. The van der Waals surface area contributed by atoms with Crippen molar-refractivity contribution in [1.82, 2.24) is 9.88 Å². The van der Waals surface area contributed by atoms with Crippen LogP contribution in [0.5, 0.6) is 0 Å². The highest BCUT2D eigenvalue weighted by Gasteiger charge is 2.33. The lowest BCUT2D eigenvalue weighted by Gasteiger charge is -2.22. The average Bonchev–Trinajstić information content (AvgIpc) is 2.83. The molecule has 0 bridgehead atoms. The molecule has 1 amide bonds. The van der Waals surface area contributed by atoms with Crippen LogP contribution in [-0.2, 0) is 4.79 Å². The van der Waals surface area contributed by atoms with Gasteiger partial charge in [-0.1, -0.05) is 0 Å². The predicted octanol–water partition coefficient (Wildman–Crippen LogP) is 2.29. The maximum atomic E-state index is 11.8. The van der Waals surface area contributed by atoms with E-state index in [-0.39, 0.29) is 11.9 Å². The molecule has 0 spiro atoms. The Hall–Kier alpha value is -0.550. The van der Waals surface area contributed by atoms with Crippen LogP contribution in [0.15, 0.2) is 5.38 Å². The third-order valence-corrected chi connectivity index (χ3v) is 4.61. The van der Waals surface area contributed by atoms with Crippen LogP contribution in [0, 0.1) is 12.8 Å². The molecule has 2 unspecified atom stereocenters. The average molecular weight is 256 g/mol. The zero-order chi connectivity index (χ0) is 11.7. The Labute approximate surface area is 105 Å².